The number of nitrogens with one attached hydrogen (secondary N) is 1. The molecule has 11 nitrogen and oxygen atoms in total. The molecule has 0 aromatic carbocycles. The highest BCUT2D eigenvalue weighted by molar-refractivity contribution is 5.84. The first-order chi connectivity index (χ1) is 17.1. The van der Waals surface area contributed by atoms with Gasteiger partial charge in [-0.15, -0.1) is 0 Å². The Morgan fingerprint density at radius 2 is 1.10 bits per heavy atom. The van der Waals surface area contributed by atoms with Gasteiger partial charge >= 0.3 is 18.4 Å². The Morgan fingerprint density at radius 1 is 0.692 bits per heavy atom. The molecule has 0 fully saturated rings. The van der Waals surface area contributed by atoms with Gasteiger partial charge < -0.3 is 24.7 Å². The Kier molecular flexibility index (Phi) is 15.4. The van der Waals surface area contributed by atoms with E-state index in [0.29, 0.717) is 5.69 Å². The van der Waals surface area contributed by atoms with Gasteiger partial charge in [0.05, 0.1) is 23.8 Å². The topological polar surface area (TPSA) is 152 Å². The number of aromatic nitrogens is 2. The van der Waals surface area contributed by atoms with E-state index in [4.69, 9.17) is 19.9 Å². The molecule has 0 atom stereocenters. The molecule has 0 aliphatic heterocycles. The second-order valence-corrected chi connectivity index (χ2v) is 11.1. The number of nitrogen functional groups attached to an aromatic ring is 1. The average molecular weight is 551 g/mol. The Hall–Kier alpha value is -3.89. The molecule has 0 aliphatic rings. The number of nitrogens with two attached hydrogens (primary N) is 1. The summed E-state index contributed by atoms with van der Waals surface area (Å²) >= 11 is 0. The van der Waals surface area contributed by atoms with Crippen molar-refractivity contribution in [3.63, 3.8) is 0 Å². The largest absolute Gasteiger partial charge is 0.519 e. The van der Waals surface area contributed by atoms with Crippen molar-refractivity contribution in [2.75, 3.05) is 11.1 Å². The van der Waals surface area contributed by atoms with Crippen molar-refractivity contribution in [2.45, 2.75) is 100 Å². The number of hydrogen-bond donors (Lipinski definition) is 2. The lowest BCUT2D eigenvalue weighted by molar-refractivity contribution is -0.0294. The normalized spacial score (nSPS) is 10.6. The summed E-state index contributed by atoms with van der Waals surface area (Å²) in [6, 6.07) is 7.33. The summed E-state index contributed by atoms with van der Waals surface area (Å²) in [5.41, 5.74) is 6.75. The van der Waals surface area contributed by atoms with Gasteiger partial charge in [-0.2, -0.15) is 0 Å². The standard InChI is InChI=1S/C11H16N2O2.C10H18O5.C6H8N2.CH4/c1-8-5-6-9(7-12-8)13-10(14)15-11(2,3)4;1-9(2,3)14-7(11)13-8(12)15-10(4,5)6;1-5-2-3-6(7)4-8-5;/h5-7H,1-4H3,(H,13,14);1-6H3;2-4H,7H2,1H3;1H4. The Morgan fingerprint density at radius 3 is 1.41 bits per heavy atom. The average Bonchev–Trinajstić information content (AvgIpc) is 2.68. The molecular formula is C28H46N4O7. The lowest BCUT2D eigenvalue weighted by Crippen LogP contribution is -2.29. The first-order valence-corrected chi connectivity index (χ1v) is 11.9. The van der Waals surface area contributed by atoms with E-state index in [1.165, 1.54) is 0 Å². The van der Waals surface area contributed by atoms with Gasteiger partial charge in [-0.25, -0.2) is 14.4 Å². The SMILES string of the molecule is C.CC(C)(C)OC(=O)OC(=O)OC(C)(C)C.Cc1ccc(N)cn1.Cc1ccc(NC(=O)OC(C)(C)C)cn1. The monoisotopic (exact) mass is 550 g/mol. The van der Waals surface area contributed by atoms with Crippen molar-refractivity contribution in [2.24, 2.45) is 0 Å². The van der Waals surface area contributed by atoms with Gasteiger partial charge in [-0.1, -0.05) is 7.43 Å². The van der Waals surface area contributed by atoms with Gasteiger partial charge in [0.2, 0.25) is 0 Å². The highest BCUT2D eigenvalue weighted by atomic mass is 16.8. The third-order valence-electron chi connectivity index (χ3n) is 3.44. The van der Waals surface area contributed by atoms with Crippen molar-refractivity contribution in [3.8, 4) is 0 Å². The molecule has 0 unspecified atom stereocenters. The number of pyridine rings is 2. The van der Waals surface area contributed by atoms with Crippen LogP contribution < -0.4 is 11.1 Å². The van der Waals surface area contributed by atoms with Crippen LogP contribution in [0.1, 0.15) is 81.1 Å². The fourth-order valence-corrected chi connectivity index (χ4v) is 2.05. The number of carbonyl (C=O) groups is 3. The Balaban J connectivity index is 0. The summed E-state index contributed by atoms with van der Waals surface area (Å²) in [6.07, 6.45) is 0.663. The molecule has 39 heavy (non-hydrogen) atoms. The van der Waals surface area contributed by atoms with E-state index in [2.05, 4.69) is 20.0 Å². The number of rotatable bonds is 1. The number of nitrogens with zero attached hydrogens (tertiary/aromatic N) is 2. The van der Waals surface area contributed by atoms with Crippen molar-refractivity contribution < 1.29 is 33.3 Å². The van der Waals surface area contributed by atoms with Gasteiger partial charge in [0.25, 0.3) is 0 Å². The Bertz CT molecular complexity index is 971. The maximum absolute atomic E-state index is 11.4. The van der Waals surface area contributed by atoms with Crippen LogP contribution in [0.5, 0.6) is 0 Å². The van der Waals surface area contributed by atoms with E-state index >= 15 is 0 Å². The predicted octanol–water partition coefficient (Wildman–Crippen LogP) is 7.22. The zero-order valence-electron chi connectivity index (χ0n) is 24.3. The molecule has 220 valence electrons. The van der Waals surface area contributed by atoms with E-state index < -0.39 is 35.2 Å². The summed E-state index contributed by atoms with van der Waals surface area (Å²) in [5.74, 6) is 0. The van der Waals surface area contributed by atoms with Crippen LogP contribution in [-0.2, 0) is 18.9 Å². The number of amides is 1. The molecule has 2 aromatic heterocycles. The molecule has 2 heterocycles. The first-order valence-electron chi connectivity index (χ1n) is 11.9. The number of hydrogen-bond acceptors (Lipinski definition) is 10. The summed E-state index contributed by atoms with van der Waals surface area (Å²) in [5, 5.41) is 2.60. The maximum Gasteiger partial charge on any atom is 0.519 e. The molecule has 0 bridgehead atoms. The minimum absolute atomic E-state index is 0. The molecular weight excluding hydrogens is 504 g/mol. The lowest BCUT2D eigenvalue weighted by Gasteiger charge is -2.20. The molecule has 2 rings (SSSR count). The van der Waals surface area contributed by atoms with E-state index in [9.17, 15) is 14.4 Å². The van der Waals surface area contributed by atoms with Crippen LogP contribution >= 0.6 is 0 Å². The van der Waals surface area contributed by atoms with E-state index in [-0.39, 0.29) is 7.43 Å². The number of ether oxygens (including phenoxy) is 4. The van der Waals surface area contributed by atoms with Crippen LogP contribution in [0.3, 0.4) is 0 Å². The minimum atomic E-state index is -1.06. The number of aryl methyl sites for hydroxylation is 2. The maximum atomic E-state index is 11.4. The third-order valence-corrected chi connectivity index (χ3v) is 3.44. The van der Waals surface area contributed by atoms with Crippen LogP contribution in [0.25, 0.3) is 0 Å². The molecule has 1 amide bonds. The van der Waals surface area contributed by atoms with Crippen LogP contribution in [-0.4, -0.2) is 45.2 Å². The van der Waals surface area contributed by atoms with E-state index in [0.717, 1.165) is 17.1 Å². The highest BCUT2D eigenvalue weighted by Gasteiger charge is 2.24. The molecule has 0 aliphatic carbocycles. The van der Waals surface area contributed by atoms with Crippen molar-refractivity contribution in [1.29, 1.82) is 0 Å². The van der Waals surface area contributed by atoms with Crippen LogP contribution in [0, 0.1) is 13.8 Å². The van der Waals surface area contributed by atoms with Gasteiger partial charge in [0.1, 0.15) is 16.8 Å². The zero-order valence-corrected chi connectivity index (χ0v) is 24.3. The molecule has 0 spiro atoms. The first kappa shape index (κ1) is 37.3. The van der Waals surface area contributed by atoms with E-state index in [1.807, 2.05) is 52.8 Å². The van der Waals surface area contributed by atoms with Crippen molar-refractivity contribution in [1.82, 2.24) is 9.97 Å². The van der Waals surface area contributed by atoms with E-state index in [1.54, 1.807) is 60.0 Å². The summed E-state index contributed by atoms with van der Waals surface area (Å²) in [4.78, 5) is 41.4. The summed E-state index contributed by atoms with van der Waals surface area (Å²) < 4.78 is 18.9. The second kappa shape index (κ2) is 16.2. The molecule has 2 aromatic rings. The quantitative estimate of drug-likeness (QED) is 0.211. The van der Waals surface area contributed by atoms with Crippen LogP contribution in [0.15, 0.2) is 36.7 Å². The van der Waals surface area contributed by atoms with Gasteiger partial charge in [-0.05, 0) is 100 Å². The number of carbonyl (C=O) groups excluding carboxylic acids is 3. The molecule has 11 heteroatoms. The molecule has 0 saturated carbocycles. The fourth-order valence-electron chi connectivity index (χ4n) is 2.05. The fraction of sp³-hybridized carbons (Fsp3) is 0.536. The van der Waals surface area contributed by atoms with Crippen molar-refractivity contribution >= 4 is 29.8 Å². The molecule has 0 radical (unpaired) electrons. The predicted molar refractivity (Wildman–Crippen MR) is 153 cm³/mol. The van der Waals surface area contributed by atoms with Gasteiger partial charge in [0.15, 0.2) is 0 Å². The Labute approximate surface area is 232 Å². The second-order valence-electron chi connectivity index (χ2n) is 11.1. The van der Waals surface area contributed by atoms with Crippen LogP contribution in [0.4, 0.5) is 25.8 Å². The molecule has 3 N–H and O–H groups in total. The number of anilines is 2. The molecule has 0 saturated heterocycles. The lowest BCUT2D eigenvalue weighted by atomic mass is 10.2. The smallest absolute Gasteiger partial charge is 0.444 e. The minimum Gasteiger partial charge on any atom is -0.444 e. The summed E-state index contributed by atoms with van der Waals surface area (Å²) in [7, 11) is 0. The van der Waals surface area contributed by atoms with Gasteiger partial charge in [-0.3, -0.25) is 15.3 Å². The highest BCUT2D eigenvalue weighted by Crippen LogP contribution is 2.12. The van der Waals surface area contributed by atoms with Crippen LogP contribution in [0.2, 0.25) is 0 Å². The van der Waals surface area contributed by atoms with Crippen molar-refractivity contribution in [3.05, 3.63) is 48.0 Å². The third kappa shape index (κ3) is 23.0. The summed E-state index contributed by atoms with van der Waals surface area (Å²) in [6.45, 7) is 19.3. The van der Waals surface area contributed by atoms with Gasteiger partial charge in [0, 0.05) is 11.4 Å². The zero-order chi connectivity index (χ0) is 29.7.